The van der Waals surface area contributed by atoms with Gasteiger partial charge in [0.15, 0.2) is 6.61 Å². The Kier molecular flexibility index (Phi) is 5.08. The molecule has 0 atom stereocenters. The van der Waals surface area contributed by atoms with Crippen molar-refractivity contribution >= 4 is 23.7 Å². The van der Waals surface area contributed by atoms with Gasteiger partial charge in [-0.15, -0.1) is 0 Å². The summed E-state index contributed by atoms with van der Waals surface area (Å²) >= 11 is 5.90. The lowest BCUT2D eigenvalue weighted by atomic mass is 10.3. The number of pyridine rings is 1. The summed E-state index contributed by atoms with van der Waals surface area (Å²) in [7, 11) is 0. The maximum absolute atomic E-state index is 11.5. The highest BCUT2D eigenvalue weighted by molar-refractivity contribution is 6.32. The van der Waals surface area contributed by atoms with E-state index >= 15 is 0 Å². The van der Waals surface area contributed by atoms with Crippen LogP contribution in [0.4, 0.5) is 0 Å². The molecule has 0 fully saturated rings. The van der Waals surface area contributed by atoms with Crippen molar-refractivity contribution in [1.82, 2.24) is 10.4 Å². The van der Waals surface area contributed by atoms with Crippen molar-refractivity contribution in [3.8, 4) is 5.75 Å². The van der Waals surface area contributed by atoms with E-state index in [1.54, 1.807) is 42.6 Å². The zero-order valence-electron chi connectivity index (χ0n) is 10.5. The van der Waals surface area contributed by atoms with Crippen LogP contribution in [0.15, 0.2) is 53.8 Å². The van der Waals surface area contributed by atoms with Gasteiger partial charge in [0.2, 0.25) is 0 Å². The smallest absolute Gasteiger partial charge is 0.277 e. The molecule has 1 aromatic carbocycles. The Labute approximate surface area is 121 Å². The van der Waals surface area contributed by atoms with Gasteiger partial charge in [0, 0.05) is 6.20 Å². The van der Waals surface area contributed by atoms with E-state index in [9.17, 15) is 4.79 Å². The van der Waals surface area contributed by atoms with Crippen LogP contribution in [0.2, 0.25) is 5.02 Å². The van der Waals surface area contributed by atoms with Crippen LogP contribution >= 0.6 is 11.6 Å². The van der Waals surface area contributed by atoms with Gasteiger partial charge in [-0.25, -0.2) is 5.43 Å². The molecule has 0 saturated heterocycles. The van der Waals surface area contributed by atoms with E-state index in [-0.39, 0.29) is 12.5 Å². The third-order valence-electron chi connectivity index (χ3n) is 2.27. The second-order valence-corrected chi connectivity index (χ2v) is 4.17. The number of nitrogens with one attached hydrogen (secondary N) is 1. The molecule has 2 aromatic rings. The first kappa shape index (κ1) is 14.0. The molecular formula is C14H12ClN3O2. The normalized spacial score (nSPS) is 10.4. The van der Waals surface area contributed by atoms with Gasteiger partial charge >= 0.3 is 0 Å². The minimum absolute atomic E-state index is 0.163. The number of hydrazone groups is 1. The average Bonchev–Trinajstić information content (AvgIpc) is 2.47. The van der Waals surface area contributed by atoms with Gasteiger partial charge in [0.05, 0.1) is 16.9 Å². The van der Waals surface area contributed by atoms with Gasteiger partial charge in [-0.05, 0) is 24.3 Å². The van der Waals surface area contributed by atoms with E-state index in [2.05, 4.69) is 15.5 Å². The molecule has 0 saturated carbocycles. The second kappa shape index (κ2) is 7.25. The minimum Gasteiger partial charge on any atom is -0.482 e. The summed E-state index contributed by atoms with van der Waals surface area (Å²) in [6.45, 7) is -0.163. The highest BCUT2D eigenvalue weighted by atomic mass is 35.5. The number of hydrogen-bond donors (Lipinski definition) is 1. The number of carbonyl (C=O) groups excluding carboxylic acids is 1. The summed E-state index contributed by atoms with van der Waals surface area (Å²) in [6.07, 6.45) is 3.09. The van der Waals surface area contributed by atoms with Crippen LogP contribution in [0.1, 0.15) is 5.69 Å². The lowest BCUT2D eigenvalue weighted by molar-refractivity contribution is -0.123. The van der Waals surface area contributed by atoms with Crippen LogP contribution < -0.4 is 10.2 Å². The number of amides is 1. The Morgan fingerprint density at radius 1 is 1.30 bits per heavy atom. The van der Waals surface area contributed by atoms with Crippen molar-refractivity contribution in [3.63, 3.8) is 0 Å². The first-order valence-corrected chi connectivity index (χ1v) is 6.24. The van der Waals surface area contributed by atoms with Gasteiger partial charge in [-0.2, -0.15) is 5.10 Å². The Bertz CT molecular complexity index is 602. The lowest BCUT2D eigenvalue weighted by Gasteiger charge is -2.06. The highest BCUT2D eigenvalue weighted by Crippen LogP contribution is 2.22. The van der Waals surface area contributed by atoms with Crippen molar-refractivity contribution in [2.24, 2.45) is 5.10 Å². The van der Waals surface area contributed by atoms with Crippen LogP contribution in [0.5, 0.6) is 5.75 Å². The fourth-order valence-corrected chi connectivity index (χ4v) is 1.55. The standard InChI is InChI=1S/C14H12ClN3O2/c15-12-6-1-2-7-13(12)20-10-14(19)18-17-9-11-5-3-4-8-16-11/h1-9H,10H2,(H,18,19). The molecule has 0 unspecified atom stereocenters. The average molecular weight is 290 g/mol. The molecule has 0 aliphatic heterocycles. The molecule has 2 rings (SSSR count). The predicted molar refractivity (Wildman–Crippen MR) is 76.9 cm³/mol. The van der Waals surface area contributed by atoms with Gasteiger partial charge in [-0.3, -0.25) is 9.78 Å². The molecule has 0 radical (unpaired) electrons. The maximum atomic E-state index is 11.5. The van der Waals surface area contributed by atoms with Crippen LogP contribution in [-0.2, 0) is 4.79 Å². The van der Waals surface area contributed by atoms with Crippen LogP contribution in [0.25, 0.3) is 0 Å². The molecule has 1 heterocycles. The third-order valence-corrected chi connectivity index (χ3v) is 2.58. The van der Waals surface area contributed by atoms with Crippen molar-refractivity contribution in [2.45, 2.75) is 0 Å². The van der Waals surface area contributed by atoms with E-state index in [4.69, 9.17) is 16.3 Å². The third kappa shape index (κ3) is 4.37. The first-order valence-electron chi connectivity index (χ1n) is 5.86. The molecule has 0 aliphatic carbocycles. The fraction of sp³-hybridized carbons (Fsp3) is 0.0714. The largest absolute Gasteiger partial charge is 0.482 e. The van der Waals surface area contributed by atoms with E-state index in [0.717, 1.165) is 0 Å². The van der Waals surface area contributed by atoms with E-state index in [0.29, 0.717) is 16.5 Å². The SMILES string of the molecule is O=C(COc1ccccc1Cl)NN=Cc1ccccn1. The summed E-state index contributed by atoms with van der Waals surface area (Å²) < 4.78 is 5.27. The molecule has 0 aliphatic rings. The number of aromatic nitrogens is 1. The van der Waals surface area contributed by atoms with Gasteiger partial charge < -0.3 is 4.74 Å². The Morgan fingerprint density at radius 3 is 2.85 bits per heavy atom. The van der Waals surface area contributed by atoms with Crippen LogP contribution in [-0.4, -0.2) is 23.7 Å². The zero-order chi connectivity index (χ0) is 14.2. The molecule has 20 heavy (non-hydrogen) atoms. The number of benzene rings is 1. The Hall–Kier alpha value is -2.40. The van der Waals surface area contributed by atoms with E-state index in [1.807, 2.05) is 6.07 Å². The number of nitrogens with zero attached hydrogens (tertiary/aromatic N) is 2. The van der Waals surface area contributed by atoms with Gasteiger partial charge in [0.25, 0.3) is 5.91 Å². The molecule has 1 amide bonds. The highest BCUT2D eigenvalue weighted by Gasteiger charge is 2.03. The Morgan fingerprint density at radius 2 is 2.10 bits per heavy atom. The molecule has 1 N–H and O–H groups in total. The molecule has 0 spiro atoms. The van der Waals surface area contributed by atoms with Crippen LogP contribution in [0.3, 0.4) is 0 Å². The van der Waals surface area contributed by atoms with Crippen molar-refractivity contribution in [2.75, 3.05) is 6.61 Å². The van der Waals surface area contributed by atoms with Crippen molar-refractivity contribution in [3.05, 3.63) is 59.4 Å². The van der Waals surface area contributed by atoms with Gasteiger partial charge in [-0.1, -0.05) is 29.8 Å². The van der Waals surface area contributed by atoms with Crippen LogP contribution in [0, 0.1) is 0 Å². The topological polar surface area (TPSA) is 63.6 Å². The molecule has 5 nitrogen and oxygen atoms in total. The minimum atomic E-state index is -0.378. The number of hydrogen-bond acceptors (Lipinski definition) is 4. The lowest BCUT2D eigenvalue weighted by Crippen LogP contribution is -2.24. The summed E-state index contributed by atoms with van der Waals surface area (Å²) in [5, 5.41) is 4.23. The van der Waals surface area contributed by atoms with Crippen molar-refractivity contribution < 1.29 is 9.53 Å². The summed E-state index contributed by atoms with van der Waals surface area (Å²) in [5.41, 5.74) is 3.00. The number of ether oxygens (including phenoxy) is 1. The molecular weight excluding hydrogens is 278 g/mol. The van der Waals surface area contributed by atoms with Crippen molar-refractivity contribution in [1.29, 1.82) is 0 Å². The summed E-state index contributed by atoms with van der Waals surface area (Å²) in [5.74, 6) is 0.0788. The molecule has 1 aromatic heterocycles. The number of rotatable bonds is 5. The first-order chi connectivity index (χ1) is 9.75. The number of para-hydroxylation sites is 1. The maximum Gasteiger partial charge on any atom is 0.277 e. The second-order valence-electron chi connectivity index (χ2n) is 3.77. The summed E-state index contributed by atoms with van der Waals surface area (Å²) in [4.78, 5) is 15.5. The number of carbonyl (C=O) groups is 1. The molecule has 102 valence electrons. The summed E-state index contributed by atoms with van der Waals surface area (Å²) in [6, 6.07) is 12.3. The van der Waals surface area contributed by atoms with E-state index < -0.39 is 0 Å². The molecule has 6 heteroatoms. The monoisotopic (exact) mass is 289 g/mol. The fourth-order valence-electron chi connectivity index (χ4n) is 1.36. The van der Waals surface area contributed by atoms with E-state index in [1.165, 1.54) is 6.21 Å². The molecule has 0 bridgehead atoms. The Balaban J connectivity index is 1.79. The zero-order valence-corrected chi connectivity index (χ0v) is 11.2. The van der Waals surface area contributed by atoms with Gasteiger partial charge in [0.1, 0.15) is 5.75 Å². The predicted octanol–water partition coefficient (Wildman–Crippen LogP) is 2.26. The quantitative estimate of drug-likeness (QED) is 0.678. The number of halogens is 1.